The van der Waals surface area contributed by atoms with Crippen LogP contribution in [0.3, 0.4) is 0 Å². The number of hydrogen-bond donors (Lipinski definition) is 1. The smallest absolute Gasteiger partial charge is 0.339 e. The molecule has 1 saturated heterocycles. The van der Waals surface area contributed by atoms with Crippen LogP contribution in [0.4, 0.5) is 0 Å². The van der Waals surface area contributed by atoms with E-state index in [0.717, 1.165) is 36.4 Å². The highest BCUT2D eigenvalue weighted by atomic mass is 32.2. The van der Waals surface area contributed by atoms with E-state index in [1.807, 2.05) is 18.2 Å². The summed E-state index contributed by atoms with van der Waals surface area (Å²) in [7, 11) is -3.87. The van der Waals surface area contributed by atoms with Crippen molar-refractivity contribution in [3.05, 3.63) is 53.6 Å². The van der Waals surface area contributed by atoms with Crippen molar-refractivity contribution in [1.29, 1.82) is 0 Å². The Morgan fingerprint density at radius 2 is 1.92 bits per heavy atom. The van der Waals surface area contributed by atoms with Crippen LogP contribution in [0.5, 0.6) is 11.5 Å². The summed E-state index contributed by atoms with van der Waals surface area (Å²) in [6, 6.07) is 12.2. The van der Waals surface area contributed by atoms with E-state index >= 15 is 0 Å². The summed E-state index contributed by atoms with van der Waals surface area (Å²) < 4.78 is 36.4. The molecule has 1 N–H and O–H groups in total. The molecule has 4 rings (SSSR count). The summed E-state index contributed by atoms with van der Waals surface area (Å²) >= 11 is 0. The van der Waals surface area contributed by atoms with E-state index in [0.29, 0.717) is 11.8 Å². The Hall–Kier alpha value is -2.05. The molecule has 2 atom stereocenters. The van der Waals surface area contributed by atoms with Crippen molar-refractivity contribution >= 4 is 10.1 Å². The SMILES string of the molecule is CC(C)c1ccc(S(=O)(=O)Oc2ccc3c(c2)OC2CNCCC32)cc1. The summed E-state index contributed by atoms with van der Waals surface area (Å²) in [4.78, 5) is 0.154. The van der Waals surface area contributed by atoms with Crippen molar-refractivity contribution in [2.45, 2.75) is 43.1 Å². The average Bonchev–Trinajstić information content (AvgIpc) is 2.99. The van der Waals surface area contributed by atoms with E-state index in [4.69, 9.17) is 8.92 Å². The Morgan fingerprint density at radius 3 is 2.65 bits per heavy atom. The molecule has 0 aliphatic carbocycles. The minimum atomic E-state index is -3.87. The third kappa shape index (κ3) is 3.19. The number of fused-ring (bicyclic) bond motifs is 3. The fourth-order valence-corrected chi connectivity index (χ4v) is 4.56. The van der Waals surface area contributed by atoms with Crippen molar-refractivity contribution in [2.24, 2.45) is 0 Å². The van der Waals surface area contributed by atoms with Crippen LogP contribution in [0.15, 0.2) is 47.4 Å². The first kappa shape index (κ1) is 17.4. The van der Waals surface area contributed by atoms with Gasteiger partial charge in [-0.25, -0.2) is 0 Å². The van der Waals surface area contributed by atoms with E-state index in [1.165, 1.54) is 0 Å². The normalized spacial score (nSPS) is 21.8. The number of hydrogen-bond acceptors (Lipinski definition) is 5. The summed E-state index contributed by atoms with van der Waals surface area (Å²) in [5, 5.41) is 3.33. The van der Waals surface area contributed by atoms with Gasteiger partial charge in [0.05, 0.1) is 0 Å². The van der Waals surface area contributed by atoms with Crippen LogP contribution in [-0.2, 0) is 10.1 Å². The first-order chi connectivity index (χ1) is 12.4. The maximum atomic E-state index is 12.6. The molecule has 2 heterocycles. The van der Waals surface area contributed by atoms with Gasteiger partial charge >= 0.3 is 10.1 Å². The molecule has 5 nitrogen and oxygen atoms in total. The molecule has 2 aliphatic heterocycles. The molecule has 138 valence electrons. The minimum Gasteiger partial charge on any atom is -0.488 e. The maximum Gasteiger partial charge on any atom is 0.339 e. The molecule has 0 bridgehead atoms. The van der Waals surface area contributed by atoms with Gasteiger partial charge in [0.2, 0.25) is 0 Å². The zero-order chi connectivity index (χ0) is 18.3. The van der Waals surface area contributed by atoms with Crippen LogP contribution in [0.1, 0.15) is 43.2 Å². The predicted molar refractivity (Wildman–Crippen MR) is 99.4 cm³/mol. The molecular formula is C20H23NO4S. The second-order valence-electron chi connectivity index (χ2n) is 7.22. The Labute approximate surface area is 154 Å². The van der Waals surface area contributed by atoms with E-state index in [1.54, 1.807) is 24.3 Å². The lowest BCUT2D eigenvalue weighted by atomic mass is 9.90. The Balaban J connectivity index is 1.56. The molecule has 1 fully saturated rings. The molecule has 0 saturated carbocycles. The maximum absolute atomic E-state index is 12.6. The van der Waals surface area contributed by atoms with Gasteiger partial charge in [-0.15, -0.1) is 0 Å². The standard InChI is InChI=1S/C20H23NO4S/c1-13(2)14-3-6-16(7-4-14)26(22,23)25-15-5-8-17-18-9-10-21-12-20(18)24-19(17)11-15/h3-8,11,13,18,20-21H,9-10,12H2,1-2H3. The van der Waals surface area contributed by atoms with Crippen molar-refractivity contribution in [2.75, 3.05) is 13.1 Å². The summed E-state index contributed by atoms with van der Waals surface area (Å²) in [5.74, 6) is 1.73. The molecule has 2 unspecified atom stereocenters. The zero-order valence-corrected chi connectivity index (χ0v) is 15.8. The molecule has 2 aromatic carbocycles. The molecule has 0 aromatic heterocycles. The minimum absolute atomic E-state index is 0.120. The number of piperidine rings is 1. The van der Waals surface area contributed by atoms with Crippen LogP contribution >= 0.6 is 0 Å². The summed E-state index contributed by atoms with van der Waals surface area (Å²) in [6.07, 6.45) is 1.15. The molecule has 2 aliphatic rings. The van der Waals surface area contributed by atoms with Gasteiger partial charge in [0, 0.05) is 24.1 Å². The van der Waals surface area contributed by atoms with Crippen LogP contribution in [0.25, 0.3) is 0 Å². The fraction of sp³-hybridized carbons (Fsp3) is 0.400. The van der Waals surface area contributed by atoms with Gasteiger partial charge < -0.3 is 14.2 Å². The van der Waals surface area contributed by atoms with E-state index in [2.05, 4.69) is 19.2 Å². The van der Waals surface area contributed by atoms with Crippen LogP contribution in [0, 0.1) is 0 Å². The zero-order valence-electron chi connectivity index (χ0n) is 14.9. The second kappa shape index (κ2) is 6.59. The monoisotopic (exact) mass is 373 g/mol. The number of rotatable bonds is 4. The third-order valence-corrected chi connectivity index (χ3v) is 6.39. The van der Waals surface area contributed by atoms with Gasteiger partial charge in [0.25, 0.3) is 0 Å². The molecule has 0 amide bonds. The van der Waals surface area contributed by atoms with Crippen molar-refractivity contribution in [3.63, 3.8) is 0 Å². The lowest BCUT2D eigenvalue weighted by Gasteiger charge is -2.24. The summed E-state index contributed by atoms with van der Waals surface area (Å²) in [5.41, 5.74) is 2.23. The van der Waals surface area contributed by atoms with E-state index < -0.39 is 10.1 Å². The van der Waals surface area contributed by atoms with Gasteiger partial charge in [0.15, 0.2) is 0 Å². The van der Waals surface area contributed by atoms with E-state index in [9.17, 15) is 8.42 Å². The van der Waals surface area contributed by atoms with E-state index in [-0.39, 0.29) is 16.7 Å². The van der Waals surface area contributed by atoms with Crippen LogP contribution in [-0.4, -0.2) is 27.6 Å². The van der Waals surface area contributed by atoms with Crippen molar-refractivity contribution in [3.8, 4) is 11.5 Å². The molecule has 6 heteroatoms. The highest BCUT2D eigenvalue weighted by Gasteiger charge is 2.36. The summed E-state index contributed by atoms with van der Waals surface area (Å²) in [6.45, 7) is 5.92. The lowest BCUT2D eigenvalue weighted by Crippen LogP contribution is -2.39. The number of ether oxygens (including phenoxy) is 1. The van der Waals surface area contributed by atoms with Crippen LogP contribution in [0.2, 0.25) is 0 Å². The highest BCUT2D eigenvalue weighted by molar-refractivity contribution is 7.87. The fourth-order valence-electron chi connectivity index (χ4n) is 3.64. The number of nitrogens with one attached hydrogen (secondary N) is 1. The number of benzene rings is 2. The van der Waals surface area contributed by atoms with Crippen molar-refractivity contribution in [1.82, 2.24) is 5.32 Å². The first-order valence-corrected chi connectivity index (χ1v) is 10.4. The van der Waals surface area contributed by atoms with Gasteiger partial charge in [-0.3, -0.25) is 0 Å². The quantitative estimate of drug-likeness (QED) is 0.832. The predicted octanol–water partition coefficient (Wildman–Crippen LogP) is 3.42. The molecular weight excluding hydrogens is 350 g/mol. The molecule has 0 radical (unpaired) electrons. The molecule has 26 heavy (non-hydrogen) atoms. The van der Waals surface area contributed by atoms with Gasteiger partial charge in [0.1, 0.15) is 22.5 Å². The van der Waals surface area contributed by atoms with Gasteiger partial charge in [-0.1, -0.05) is 32.0 Å². The third-order valence-electron chi connectivity index (χ3n) is 5.13. The van der Waals surface area contributed by atoms with Crippen molar-refractivity contribution < 1.29 is 17.3 Å². The largest absolute Gasteiger partial charge is 0.488 e. The van der Waals surface area contributed by atoms with Crippen LogP contribution < -0.4 is 14.2 Å². The highest BCUT2D eigenvalue weighted by Crippen LogP contribution is 2.43. The molecule has 0 spiro atoms. The Bertz CT molecular complexity index is 906. The van der Waals surface area contributed by atoms with Gasteiger partial charge in [-0.2, -0.15) is 8.42 Å². The Morgan fingerprint density at radius 1 is 1.15 bits per heavy atom. The molecule has 2 aromatic rings. The topological polar surface area (TPSA) is 64.6 Å². The average molecular weight is 373 g/mol. The first-order valence-electron chi connectivity index (χ1n) is 9.00. The Kier molecular flexibility index (Phi) is 4.40. The lowest BCUT2D eigenvalue weighted by molar-refractivity contribution is 0.176. The second-order valence-corrected chi connectivity index (χ2v) is 8.76. The van der Waals surface area contributed by atoms with Gasteiger partial charge in [-0.05, 0) is 42.6 Å².